The third kappa shape index (κ3) is 3.79. The predicted octanol–water partition coefficient (Wildman–Crippen LogP) is 0.777. The monoisotopic (exact) mass is 293 g/mol. The van der Waals surface area contributed by atoms with Crippen molar-refractivity contribution in [3.8, 4) is 11.5 Å². The summed E-state index contributed by atoms with van der Waals surface area (Å²) in [6.45, 7) is 0.833. The molecule has 0 radical (unpaired) electrons. The number of methoxy groups -OCH3 is 1. The van der Waals surface area contributed by atoms with Crippen LogP contribution in [0.2, 0.25) is 0 Å². The maximum atomic E-state index is 13.6. The smallest absolute Gasteiger partial charge is 0.270 e. The predicted molar refractivity (Wildman–Crippen MR) is 75.1 cm³/mol. The van der Waals surface area contributed by atoms with E-state index in [0.29, 0.717) is 24.5 Å². The zero-order chi connectivity index (χ0) is 15.2. The number of ether oxygens (including phenoxy) is 2. The van der Waals surface area contributed by atoms with E-state index in [0.717, 1.165) is 0 Å². The van der Waals surface area contributed by atoms with E-state index in [2.05, 4.69) is 5.10 Å². The van der Waals surface area contributed by atoms with Gasteiger partial charge in [-0.15, -0.1) is 0 Å². The summed E-state index contributed by atoms with van der Waals surface area (Å²) in [5.41, 5.74) is 5.59. The van der Waals surface area contributed by atoms with E-state index in [1.807, 2.05) is 0 Å². The molecule has 0 atom stereocenters. The van der Waals surface area contributed by atoms with Gasteiger partial charge in [0.2, 0.25) is 0 Å². The summed E-state index contributed by atoms with van der Waals surface area (Å²) < 4.78 is 24.9. The van der Waals surface area contributed by atoms with Crippen LogP contribution in [0.4, 0.5) is 4.39 Å². The van der Waals surface area contributed by atoms with Gasteiger partial charge in [0, 0.05) is 12.6 Å². The molecule has 2 N–H and O–H groups in total. The van der Waals surface area contributed by atoms with E-state index >= 15 is 0 Å². The van der Waals surface area contributed by atoms with Gasteiger partial charge >= 0.3 is 0 Å². The van der Waals surface area contributed by atoms with Gasteiger partial charge in [-0.1, -0.05) is 6.07 Å². The van der Waals surface area contributed by atoms with Crippen LogP contribution in [0.5, 0.6) is 11.5 Å². The quantitative estimate of drug-likeness (QED) is 0.851. The zero-order valence-electron chi connectivity index (χ0n) is 11.6. The fraction of sp³-hybridized carbons (Fsp3) is 0.286. The number of aromatic nitrogens is 2. The average molecular weight is 293 g/mol. The first kappa shape index (κ1) is 15.0. The lowest BCUT2D eigenvalue weighted by molar-refractivity contribution is 0.324. The highest BCUT2D eigenvalue weighted by Gasteiger charge is 2.06. The molecule has 0 saturated heterocycles. The van der Waals surface area contributed by atoms with E-state index in [-0.39, 0.29) is 17.9 Å². The maximum absolute atomic E-state index is 13.6. The number of halogens is 1. The van der Waals surface area contributed by atoms with E-state index in [9.17, 15) is 9.18 Å². The highest BCUT2D eigenvalue weighted by atomic mass is 19.1. The standard InChI is InChI=1S/C14H16FN3O3/c1-20-13-3-2-10(6-12(13)15)9-18-14(19)7-11(8-17-18)21-5-4-16/h2-3,6-8H,4-5,9,16H2,1H3. The van der Waals surface area contributed by atoms with Crippen molar-refractivity contribution in [1.29, 1.82) is 0 Å². The molecule has 0 aliphatic carbocycles. The number of nitrogens with zero attached hydrogens (tertiary/aromatic N) is 2. The molecule has 2 aromatic rings. The molecule has 0 amide bonds. The summed E-state index contributed by atoms with van der Waals surface area (Å²) in [5.74, 6) is 0.0400. The summed E-state index contributed by atoms with van der Waals surface area (Å²) >= 11 is 0. The fourth-order valence-corrected chi connectivity index (χ4v) is 1.77. The second kappa shape index (κ2) is 6.85. The van der Waals surface area contributed by atoms with Gasteiger partial charge in [-0.25, -0.2) is 9.07 Å². The lowest BCUT2D eigenvalue weighted by Gasteiger charge is -2.08. The Balaban J connectivity index is 2.16. The van der Waals surface area contributed by atoms with Crippen molar-refractivity contribution in [3.05, 3.63) is 52.2 Å². The molecular weight excluding hydrogens is 277 g/mol. The van der Waals surface area contributed by atoms with Crippen LogP contribution < -0.4 is 20.8 Å². The molecule has 0 aliphatic heterocycles. The summed E-state index contributed by atoms with van der Waals surface area (Å²) in [4.78, 5) is 11.9. The number of rotatable bonds is 6. The van der Waals surface area contributed by atoms with Crippen LogP contribution in [0.25, 0.3) is 0 Å². The minimum Gasteiger partial charge on any atom is -0.494 e. The van der Waals surface area contributed by atoms with Gasteiger partial charge in [0.1, 0.15) is 12.4 Å². The molecule has 7 heteroatoms. The molecule has 1 aromatic carbocycles. The van der Waals surface area contributed by atoms with E-state index in [1.165, 1.54) is 36.2 Å². The van der Waals surface area contributed by atoms with Gasteiger partial charge in [0.15, 0.2) is 11.6 Å². The average Bonchev–Trinajstić information content (AvgIpc) is 2.48. The SMILES string of the molecule is COc1ccc(Cn2ncc(OCCN)cc2=O)cc1F. The Morgan fingerprint density at radius 3 is 2.81 bits per heavy atom. The van der Waals surface area contributed by atoms with Gasteiger partial charge in [-0.2, -0.15) is 5.10 Å². The van der Waals surface area contributed by atoms with E-state index in [4.69, 9.17) is 15.2 Å². The molecule has 0 fully saturated rings. The Bertz CT molecular complexity index is 673. The van der Waals surface area contributed by atoms with Crippen molar-refractivity contribution in [2.45, 2.75) is 6.54 Å². The third-order valence-electron chi connectivity index (χ3n) is 2.78. The van der Waals surface area contributed by atoms with Crippen molar-refractivity contribution in [3.63, 3.8) is 0 Å². The van der Waals surface area contributed by atoms with Crippen LogP contribution in [0.1, 0.15) is 5.56 Å². The van der Waals surface area contributed by atoms with Gasteiger partial charge in [-0.3, -0.25) is 4.79 Å². The molecule has 2 rings (SSSR count). The molecule has 1 aromatic heterocycles. The van der Waals surface area contributed by atoms with Crippen molar-refractivity contribution >= 4 is 0 Å². The first-order valence-corrected chi connectivity index (χ1v) is 6.36. The van der Waals surface area contributed by atoms with E-state index in [1.54, 1.807) is 6.07 Å². The van der Waals surface area contributed by atoms with Gasteiger partial charge in [0.25, 0.3) is 5.56 Å². The van der Waals surface area contributed by atoms with Crippen LogP contribution in [0.15, 0.2) is 35.3 Å². The second-order valence-electron chi connectivity index (χ2n) is 4.29. The van der Waals surface area contributed by atoms with E-state index < -0.39 is 5.82 Å². The molecule has 112 valence electrons. The normalized spacial score (nSPS) is 10.4. The van der Waals surface area contributed by atoms with Crippen molar-refractivity contribution in [2.75, 3.05) is 20.3 Å². The van der Waals surface area contributed by atoms with Crippen LogP contribution in [0, 0.1) is 5.82 Å². The molecular formula is C14H16FN3O3. The molecule has 0 saturated carbocycles. The number of nitrogens with two attached hydrogens (primary N) is 1. The third-order valence-corrected chi connectivity index (χ3v) is 2.78. The highest BCUT2D eigenvalue weighted by Crippen LogP contribution is 2.17. The number of hydrogen-bond donors (Lipinski definition) is 1. The number of hydrogen-bond acceptors (Lipinski definition) is 5. The van der Waals surface area contributed by atoms with Crippen molar-refractivity contribution in [1.82, 2.24) is 9.78 Å². The highest BCUT2D eigenvalue weighted by molar-refractivity contribution is 5.29. The zero-order valence-corrected chi connectivity index (χ0v) is 11.6. The summed E-state index contributed by atoms with van der Waals surface area (Å²) in [5, 5.41) is 3.98. The van der Waals surface area contributed by atoms with Gasteiger partial charge in [0.05, 0.1) is 19.9 Å². The number of benzene rings is 1. The maximum Gasteiger partial charge on any atom is 0.270 e. The minimum atomic E-state index is -0.481. The van der Waals surface area contributed by atoms with Crippen LogP contribution >= 0.6 is 0 Å². The Labute approximate surface area is 120 Å². The second-order valence-corrected chi connectivity index (χ2v) is 4.29. The molecule has 0 unspecified atom stereocenters. The summed E-state index contributed by atoms with van der Waals surface area (Å²) in [6.07, 6.45) is 1.43. The molecule has 0 bridgehead atoms. The van der Waals surface area contributed by atoms with Crippen LogP contribution in [-0.4, -0.2) is 30.0 Å². The fourth-order valence-electron chi connectivity index (χ4n) is 1.77. The Hall–Kier alpha value is -2.41. The lowest BCUT2D eigenvalue weighted by Crippen LogP contribution is -2.23. The van der Waals surface area contributed by atoms with Crippen LogP contribution in [-0.2, 0) is 6.54 Å². The minimum absolute atomic E-state index is 0.157. The summed E-state index contributed by atoms with van der Waals surface area (Å²) in [6, 6.07) is 5.82. The first-order chi connectivity index (χ1) is 10.1. The largest absolute Gasteiger partial charge is 0.494 e. The topological polar surface area (TPSA) is 79.4 Å². The molecule has 1 heterocycles. The Morgan fingerprint density at radius 2 is 2.19 bits per heavy atom. The van der Waals surface area contributed by atoms with Gasteiger partial charge in [-0.05, 0) is 17.7 Å². The molecule has 21 heavy (non-hydrogen) atoms. The molecule has 0 spiro atoms. The van der Waals surface area contributed by atoms with Crippen LogP contribution in [0.3, 0.4) is 0 Å². The Morgan fingerprint density at radius 1 is 1.38 bits per heavy atom. The summed E-state index contributed by atoms with van der Waals surface area (Å²) in [7, 11) is 1.39. The van der Waals surface area contributed by atoms with Crippen molar-refractivity contribution < 1.29 is 13.9 Å². The molecule has 0 aliphatic rings. The first-order valence-electron chi connectivity index (χ1n) is 6.36. The van der Waals surface area contributed by atoms with Crippen molar-refractivity contribution in [2.24, 2.45) is 5.73 Å². The lowest BCUT2D eigenvalue weighted by atomic mass is 10.2. The molecule has 6 nitrogen and oxygen atoms in total. The Kier molecular flexibility index (Phi) is 4.89. The van der Waals surface area contributed by atoms with Gasteiger partial charge < -0.3 is 15.2 Å².